The van der Waals surface area contributed by atoms with E-state index in [1.165, 1.54) is 4.90 Å². The van der Waals surface area contributed by atoms with Crippen LogP contribution in [0, 0.1) is 5.41 Å². The van der Waals surface area contributed by atoms with Crippen molar-refractivity contribution in [2.24, 2.45) is 11.1 Å². The minimum absolute atomic E-state index is 0.0226. The molecule has 0 radical (unpaired) electrons. The summed E-state index contributed by atoms with van der Waals surface area (Å²) >= 11 is 0. The number of hydrogen-bond acceptors (Lipinski definition) is 3. The fraction of sp³-hybridized carbons (Fsp3) is 0.857. The number of carboxylic acids is 1. The molecule has 0 heterocycles. The molecule has 0 aromatic rings. The molecule has 0 bridgehead atoms. The van der Waals surface area contributed by atoms with Crippen LogP contribution >= 0.6 is 0 Å². The molecule has 5 nitrogen and oxygen atoms in total. The van der Waals surface area contributed by atoms with Crippen molar-refractivity contribution in [2.75, 3.05) is 13.1 Å². The maximum atomic E-state index is 12.2. The Morgan fingerprint density at radius 3 is 2.32 bits per heavy atom. The Balaban J connectivity index is 4.52. The van der Waals surface area contributed by atoms with Gasteiger partial charge in [0, 0.05) is 12.5 Å². The molecule has 112 valence electrons. The zero-order valence-corrected chi connectivity index (χ0v) is 12.6. The van der Waals surface area contributed by atoms with E-state index in [0.29, 0.717) is 13.0 Å². The van der Waals surface area contributed by atoms with Crippen molar-refractivity contribution < 1.29 is 14.7 Å². The van der Waals surface area contributed by atoms with Crippen molar-refractivity contribution in [1.29, 1.82) is 0 Å². The number of hydrogen-bond donors (Lipinski definition) is 2. The Bertz CT molecular complexity index is 303. The summed E-state index contributed by atoms with van der Waals surface area (Å²) in [6.07, 6.45) is 2.73. The third-order valence-corrected chi connectivity index (χ3v) is 3.59. The molecule has 0 saturated heterocycles. The van der Waals surface area contributed by atoms with Gasteiger partial charge in [0.1, 0.15) is 6.54 Å². The van der Waals surface area contributed by atoms with Crippen LogP contribution in [0.1, 0.15) is 53.4 Å². The van der Waals surface area contributed by atoms with E-state index < -0.39 is 5.97 Å². The number of nitrogens with zero attached hydrogens (tertiary/aromatic N) is 1. The summed E-state index contributed by atoms with van der Waals surface area (Å²) in [6, 6.07) is -0.0405. The lowest BCUT2D eigenvalue weighted by atomic mass is 9.84. The van der Waals surface area contributed by atoms with Gasteiger partial charge in [0.15, 0.2) is 0 Å². The molecule has 0 spiro atoms. The summed E-state index contributed by atoms with van der Waals surface area (Å²) in [7, 11) is 0. The predicted octanol–water partition coefficient (Wildman–Crippen LogP) is 1.85. The average molecular weight is 272 g/mol. The third kappa shape index (κ3) is 7.15. The number of carboxylic acid groups (broad SMARTS) is 1. The van der Waals surface area contributed by atoms with Crippen molar-refractivity contribution in [2.45, 2.75) is 59.4 Å². The molecule has 0 aliphatic heterocycles. The number of carbonyl (C=O) groups is 2. The number of nitrogens with two attached hydrogens (primary N) is 1. The van der Waals surface area contributed by atoms with Crippen molar-refractivity contribution in [3.63, 3.8) is 0 Å². The topological polar surface area (TPSA) is 83.6 Å². The molecule has 0 aliphatic rings. The Morgan fingerprint density at radius 1 is 1.32 bits per heavy atom. The summed E-state index contributed by atoms with van der Waals surface area (Å²) in [4.78, 5) is 24.4. The van der Waals surface area contributed by atoms with Gasteiger partial charge in [0.05, 0.1) is 0 Å². The van der Waals surface area contributed by atoms with Crippen LogP contribution < -0.4 is 5.73 Å². The minimum Gasteiger partial charge on any atom is -0.480 e. The van der Waals surface area contributed by atoms with Crippen LogP contribution in [0.3, 0.4) is 0 Å². The van der Waals surface area contributed by atoms with Gasteiger partial charge in [-0.15, -0.1) is 0 Å². The van der Waals surface area contributed by atoms with Crippen LogP contribution in [-0.4, -0.2) is 41.0 Å². The smallest absolute Gasteiger partial charge is 0.323 e. The summed E-state index contributed by atoms with van der Waals surface area (Å²) in [5.41, 5.74) is 5.57. The zero-order chi connectivity index (χ0) is 15.1. The van der Waals surface area contributed by atoms with Crippen LogP contribution in [0.15, 0.2) is 0 Å². The largest absolute Gasteiger partial charge is 0.480 e. The Morgan fingerprint density at radius 2 is 1.89 bits per heavy atom. The molecule has 0 aliphatic carbocycles. The monoisotopic (exact) mass is 272 g/mol. The van der Waals surface area contributed by atoms with Crippen LogP contribution in [0.25, 0.3) is 0 Å². The average Bonchev–Trinajstić information content (AvgIpc) is 2.32. The molecule has 1 unspecified atom stereocenters. The van der Waals surface area contributed by atoms with Crippen LogP contribution in [0.2, 0.25) is 0 Å². The fourth-order valence-electron chi connectivity index (χ4n) is 1.96. The maximum absolute atomic E-state index is 12.2. The standard InChI is InChI=1S/C14H28N2O3/c1-5-11(2)16(10-13(18)19)12(17)6-7-14(3,4)8-9-15/h11H,5-10,15H2,1-4H3,(H,18,19). The third-order valence-electron chi connectivity index (χ3n) is 3.59. The van der Waals surface area contributed by atoms with Gasteiger partial charge in [-0.3, -0.25) is 9.59 Å². The first-order valence-corrected chi connectivity index (χ1v) is 6.95. The van der Waals surface area contributed by atoms with Gasteiger partial charge in [-0.2, -0.15) is 0 Å². The summed E-state index contributed by atoms with van der Waals surface area (Å²) in [5, 5.41) is 8.88. The van der Waals surface area contributed by atoms with Crippen molar-refractivity contribution >= 4 is 11.9 Å². The van der Waals surface area contributed by atoms with Gasteiger partial charge < -0.3 is 15.7 Å². The molecule has 3 N–H and O–H groups in total. The highest BCUT2D eigenvalue weighted by atomic mass is 16.4. The normalized spacial score (nSPS) is 13.1. The zero-order valence-electron chi connectivity index (χ0n) is 12.6. The van der Waals surface area contributed by atoms with E-state index in [2.05, 4.69) is 13.8 Å². The second kappa shape index (κ2) is 8.15. The molecular formula is C14H28N2O3. The molecule has 0 aromatic heterocycles. The predicted molar refractivity (Wildman–Crippen MR) is 75.8 cm³/mol. The lowest BCUT2D eigenvalue weighted by Crippen LogP contribution is -2.42. The highest BCUT2D eigenvalue weighted by Crippen LogP contribution is 2.26. The van der Waals surface area contributed by atoms with Crippen LogP contribution in [0.4, 0.5) is 0 Å². The van der Waals surface area contributed by atoms with E-state index in [9.17, 15) is 9.59 Å². The summed E-state index contributed by atoms with van der Waals surface area (Å²) < 4.78 is 0. The van der Waals surface area contributed by atoms with E-state index in [4.69, 9.17) is 10.8 Å². The number of amides is 1. The fourth-order valence-corrected chi connectivity index (χ4v) is 1.96. The lowest BCUT2D eigenvalue weighted by molar-refractivity contribution is -0.146. The second-order valence-electron chi connectivity index (χ2n) is 5.88. The molecule has 0 saturated carbocycles. The highest BCUT2D eigenvalue weighted by molar-refractivity contribution is 5.81. The highest BCUT2D eigenvalue weighted by Gasteiger charge is 2.24. The summed E-state index contributed by atoms with van der Waals surface area (Å²) in [5.74, 6) is -1.04. The molecular weight excluding hydrogens is 244 g/mol. The van der Waals surface area contributed by atoms with Gasteiger partial charge in [-0.1, -0.05) is 20.8 Å². The maximum Gasteiger partial charge on any atom is 0.323 e. The minimum atomic E-state index is -0.963. The number of aliphatic carboxylic acids is 1. The van der Waals surface area contributed by atoms with Crippen molar-refractivity contribution in [1.82, 2.24) is 4.90 Å². The van der Waals surface area contributed by atoms with E-state index in [-0.39, 0.29) is 23.9 Å². The first kappa shape index (κ1) is 17.9. The van der Waals surface area contributed by atoms with Crippen molar-refractivity contribution in [3.05, 3.63) is 0 Å². The van der Waals surface area contributed by atoms with Gasteiger partial charge in [-0.25, -0.2) is 0 Å². The van der Waals surface area contributed by atoms with E-state index in [1.807, 2.05) is 13.8 Å². The van der Waals surface area contributed by atoms with Gasteiger partial charge in [0.25, 0.3) is 0 Å². The van der Waals surface area contributed by atoms with Gasteiger partial charge >= 0.3 is 5.97 Å². The Kier molecular flexibility index (Phi) is 7.68. The molecule has 0 fully saturated rings. The first-order valence-electron chi connectivity index (χ1n) is 6.95. The molecule has 5 heteroatoms. The Hall–Kier alpha value is -1.10. The second-order valence-corrected chi connectivity index (χ2v) is 5.88. The van der Waals surface area contributed by atoms with Crippen LogP contribution in [0.5, 0.6) is 0 Å². The lowest BCUT2D eigenvalue weighted by Gasteiger charge is -2.29. The van der Waals surface area contributed by atoms with E-state index in [1.54, 1.807) is 0 Å². The number of rotatable bonds is 9. The quantitative estimate of drug-likeness (QED) is 0.671. The SMILES string of the molecule is CCC(C)N(CC(=O)O)C(=O)CCC(C)(C)CCN. The molecule has 1 atom stereocenters. The number of carbonyl (C=O) groups excluding carboxylic acids is 1. The Labute approximate surface area is 116 Å². The van der Waals surface area contributed by atoms with Crippen molar-refractivity contribution in [3.8, 4) is 0 Å². The van der Waals surface area contributed by atoms with E-state index >= 15 is 0 Å². The van der Waals surface area contributed by atoms with Crippen LogP contribution in [-0.2, 0) is 9.59 Å². The van der Waals surface area contributed by atoms with E-state index in [0.717, 1.165) is 19.3 Å². The molecule has 1 amide bonds. The summed E-state index contributed by atoms with van der Waals surface area (Å²) in [6.45, 7) is 8.38. The molecule has 0 rings (SSSR count). The first-order chi connectivity index (χ1) is 8.73. The molecule has 19 heavy (non-hydrogen) atoms. The van der Waals surface area contributed by atoms with Gasteiger partial charge in [0.2, 0.25) is 5.91 Å². The molecule has 0 aromatic carbocycles. The van der Waals surface area contributed by atoms with Gasteiger partial charge in [-0.05, 0) is 38.1 Å².